The fourth-order valence-corrected chi connectivity index (χ4v) is 2.69. The molecular formula is C14H17N3O. The highest BCUT2D eigenvalue weighted by Crippen LogP contribution is 2.39. The molecule has 3 rings (SSSR count). The van der Waals surface area contributed by atoms with Crippen molar-refractivity contribution in [3.05, 3.63) is 47.0 Å². The molecule has 2 aromatic heterocycles. The van der Waals surface area contributed by atoms with E-state index >= 15 is 0 Å². The summed E-state index contributed by atoms with van der Waals surface area (Å²) in [5.74, 6) is 0.0792. The van der Waals surface area contributed by atoms with Gasteiger partial charge in [-0.1, -0.05) is 6.07 Å². The summed E-state index contributed by atoms with van der Waals surface area (Å²) in [5.41, 5.74) is 4.10. The number of aromatic nitrogens is 3. The van der Waals surface area contributed by atoms with Crippen molar-refractivity contribution >= 4 is 0 Å². The molecule has 0 amide bonds. The zero-order chi connectivity index (χ0) is 12.7. The van der Waals surface area contributed by atoms with Gasteiger partial charge in [0.1, 0.15) is 6.10 Å². The highest BCUT2D eigenvalue weighted by atomic mass is 16.3. The van der Waals surface area contributed by atoms with Crippen molar-refractivity contribution < 1.29 is 5.11 Å². The molecule has 2 atom stereocenters. The molecule has 0 saturated heterocycles. The van der Waals surface area contributed by atoms with Crippen LogP contribution in [0.3, 0.4) is 0 Å². The van der Waals surface area contributed by atoms with Gasteiger partial charge in [0.25, 0.3) is 0 Å². The lowest BCUT2D eigenvalue weighted by Gasteiger charge is -2.16. The number of aliphatic hydroxyl groups excluding tert-OH is 1. The average Bonchev–Trinajstić information content (AvgIpc) is 2.93. The Bertz CT molecular complexity index is 557. The number of hydrogen-bond acceptors (Lipinski definition) is 3. The van der Waals surface area contributed by atoms with Gasteiger partial charge in [-0.05, 0) is 37.5 Å². The number of pyridine rings is 1. The fourth-order valence-electron chi connectivity index (χ4n) is 2.69. The van der Waals surface area contributed by atoms with Crippen LogP contribution in [-0.2, 0) is 13.5 Å². The molecule has 1 aliphatic rings. The van der Waals surface area contributed by atoms with Gasteiger partial charge in [0, 0.05) is 30.6 Å². The van der Waals surface area contributed by atoms with Gasteiger partial charge in [-0.3, -0.25) is 9.67 Å². The van der Waals surface area contributed by atoms with E-state index in [1.54, 1.807) is 10.9 Å². The van der Waals surface area contributed by atoms with Crippen molar-refractivity contribution in [2.75, 3.05) is 0 Å². The Labute approximate surface area is 106 Å². The number of aliphatic hydroxyl groups is 1. The quantitative estimate of drug-likeness (QED) is 0.876. The molecule has 1 aliphatic carbocycles. The van der Waals surface area contributed by atoms with Gasteiger partial charge in [-0.25, -0.2) is 0 Å². The molecule has 2 unspecified atom stereocenters. The number of hydrogen-bond donors (Lipinski definition) is 1. The summed E-state index contributed by atoms with van der Waals surface area (Å²) >= 11 is 0. The molecule has 1 N–H and O–H groups in total. The minimum Gasteiger partial charge on any atom is -0.386 e. The lowest BCUT2D eigenvalue weighted by atomic mass is 9.97. The normalized spacial score (nSPS) is 19.8. The zero-order valence-electron chi connectivity index (χ0n) is 10.7. The van der Waals surface area contributed by atoms with E-state index in [1.165, 1.54) is 5.56 Å². The Balaban J connectivity index is 1.92. The number of aryl methyl sites for hydroxylation is 3. The third-order valence-corrected chi connectivity index (χ3v) is 3.82. The summed E-state index contributed by atoms with van der Waals surface area (Å²) in [6.07, 6.45) is 3.19. The molecule has 0 radical (unpaired) electrons. The van der Waals surface area contributed by atoms with Gasteiger partial charge in [-0.15, -0.1) is 0 Å². The minimum atomic E-state index is -0.555. The maximum Gasteiger partial charge on any atom is 0.106 e. The third-order valence-electron chi connectivity index (χ3n) is 3.82. The van der Waals surface area contributed by atoms with Crippen LogP contribution in [0.15, 0.2) is 24.4 Å². The molecule has 0 saturated carbocycles. The van der Waals surface area contributed by atoms with Gasteiger partial charge in [0.05, 0.1) is 5.69 Å². The second-order valence-electron chi connectivity index (χ2n) is 4.97. The predicted octanol–water partition coefficient (Wildman–Crippen LogP) is 1.89. The minimum absolute atomic E-state index is 0.0792. The number of fused-ring (bicyclic) bond motifs is 1. The van der Waals surface area contributed by atoms with Crippen molar-refractivity contribution in [3.8, 4) is 0 Å². The van der Waals surface area contributed by atoms with Gasteiger partial charge >= 0.3 is 0 Å². The molecule has 0 bridgehead atoms. The summed E-state index contributed by atoms with van der Waals surface area (Å²) in [4.78, 5) is 4.42. The third kappa shape index (κ3) is 1.73. The van der Waals surface area contributed by atoms with E-state index in [4.69, 9.17) is 0 Å². The summed E-state index contributed by atoms with van der Waals surface area (Å²) in [6.45, 7) is 1.99. The highest BCUT2D eigenvalue weighted by molar-refractivity contribution is 5.31. The monoisotopic (exact) mass is 243 g/mol. The molecular weight excluding hydrogens is 226 g/mol. The summed E-state index contributed by atoms with van der Waals surface area (Å²) in [5, 5.41) is 14.9. The molecule has 4 heteroatoms. The lowest BCUT2D eigenvalue weighted by Crippen LogP contribution is -2.10. The Hall–Kier alpha value is -1.68. The van der Waals surface area contributed by atoms with Crippen molar-refractivity contribution in [3.63, 3.8) is 0 Å². The molecule has 94 valence electrons. The van der Waals surface area contributed by atoms with Crippen molar-refractivity contribution in [1.82, 2.24) is 14.8 Å². The fraction of sp³-hybridized carbons (Fsp3) is 0.429. The molecule has 0 fully saturated rings. The Morgan fingerprint density at radius 3 is 3.06 bits per heavy atom. The van der Waals surface area contributed by atoms with Crippen molar-refractivity contribution in [2.45, 2.75) is 31.8 Å². The van der Waals surface area contributed by atoms with E-state index in [0.29, 0.717) is 0 Å². The Morgan fingerprint density at radius 1 is 1.50 bits per heavy atom. The molecule has 4 nitrogen and oxygen atoms in total. The van der Waals surface area contributed by atoms with Gasteiger partial charge in [-0.2, -0.15) is 5.10 Å². The largest absolute Gasteiger partial charge is 0.386 e. The maximum atomic E-state index is 10.5. The first-order valence-corrected chi connectivity index (χ1v) is 6.29. The van der Waals surface area contributed by atoms with Crippen LogP contribution < -0.4 is 0 Å². The number of nitrogens with zero attached hydrogens (tertiary/aromatic N) is 3. The Kier molecular flexibility index (Phi) is 2.67. The first-order valence-electron chi connectivity index (χ1n) is 6.29. The van der Waals surface area contributed by atoms with E-state index in [-0.39, 0.29) is 5.92 Å². The molecule has 0 aliphatic heterocycles. The van der Waals surface area contributed by atoms with E-state index < -0.39 is 6.10 Å². The van der Waals surface area contributed by atoms with E-state index in [0.717, 1.165) is 29.9 Å². The molecule has 0 aromatic carbocycles. The van der Waals surface area contributed by atoms with Crippen LogP contribution in [0, 0.1) is 6.92 Å². The first kappa shape index (κ1) is 11.4. The van der Waals surface area contributed by atoms with E-state index in [1.807, 2.05) is 26.1 Å². The maximum absolute atomic E-state index is 10.5. The SMILES string of the molecule is Cc1cc(C(O)C2CCc3cccnc32)nn1C. The van der Waals surface area contributed by atoms with Crippen LogP contribution in [-0.4, -0.2) is 19.9 Å². The first-order chi connectivity index (χ1) is 8.66. The van der Waals surface area contributed by atoms with Crippen LogP contribution >= 0.6 is 0 Å². The average molecular weight is 243 g/mol. The summed E-state index contributed by atoms with van der Waals surface area (Å²) in [7, 11) is 1.90. The van der Waals surface area contributed by atoms with E-state index in [9.17, 15) is 5.11 Å². The Morgan fingerprint density at radius 2 is 2.33 bits per heavy atom. The van der Waals surface area contributed by atoms with Crippen LogP contribution in [0.25, 0.3) is 0 Å². The topological polar surface area (TPSA) is 50.9 Å². The smallest absolute Gasteiger partial charge is 0.106 e. The van der Waals surface area contributed by atoms with Gasteiger partial charge in [0.2, 0.25) is 0 Å². The lowest BCUT2D eigenvalue weighted by molar-refractivity contribution is 0.138. The van der Waals surface area contributed by atoms with Crippen molar-refractivity contribution in [1.29, 1.82) is 0 Å². The second-order valence-corrected chi connectivity index (χ2v) is 4.97. The second kappa shape index (κ2) is 4.21. The summed E-state index contributed by atoms with van der Waals surface area (Å²) < 4.78 is 1.80. The molecule has 18 heavy (non-hydrogen) atoms. The van der Waals surface area contributed by atoms with Crippen LogP contribution in [0.1, 0.15) is 41.1 Å². The van der Waals surface area contributed by atoms with E-state index in [2.05, 4.69) is 16.1 Å². The molecule has 2 heterocycles. The molecule has 2 aromatic rings. The van der Waals surface area contributed by atoms with Gasteiger partial charge < -0.3 is 5.11 Å². The van der Waals surface area contributed by atoms with Crippen molar-refractivity contribution in [2.24, 2.45) is 7.05 Å². The zero-order valence-corrected chi connectivity index (χ0v) is 10.7. The van der Waals surface area contributed by atoms with Crippen LogP contribution in [0.2, 0.25) is 0 Å². The highest BCUT2D eigenvalue weighted by Gasteiger charge is 2.32. The predicted molar refractivity (Wildman–Crippen MR) is 68.2 cm³/mol. The summed E-state index contributed by atoms with van der Waals surface area (Å²) in [6, 6.07) is 6.00. The molecule has 0 spiro atoms. The van der Waals surface area contributed by atoms with Crippen LogP contribution in [0.4, 0.5) is 0 Å². The standard InChI is InChI=1S/C14H17N3O/c1-9-8-12(16-17(9)2)14(18)11-6-5-10-4-3-7-15-13(10)11/h3-4,7-8,11,14,18H,5-6H2,1-2H3. The number of rotatable bonds is 2. The van der Waals surface area contributed by atoms with Crippen LogP contribution in [0.5, 0.6) is 0 Å². The van der Waals surface area contributed by atoms with Gasteiger partial charge in [0.15, 0.2) is 0 Å².